The van der Waals surface area contributed by atoms with Crippen molar-refractivity contribution in [1.82, 2.24) is 10.2 Å². The number of piperidine rings is 1. The van der Waals surface area contributed by atoms with Crippen molar-refractivity contribution in [2.45, 2.75) is 57.2 Å². The molecule has 3 heteroatoms. The zero-order valence-electron chi connectivity index (χ0n) is 9.78. The first kappa shape index (κ1) is 11.4. The van der Waals surface area contributed by atoms with Gasteiger partial charge in [0.2, 0.25) is 0 Å². The van der Waals surface area contributed by atoms with Crippen molar-refractivity contribution in [2.75, 3.05) is 19.7 Å². The van der Waals surface area contributed by atoms with E-state index in [1.165, 1.54) is 38.8 Å². The highest BCUT2D eigenvalue weighted by molar-refractivity contribution is 4.90. The lowest BCUT2D eigenvalue weighted by atomic mass is 9.96. The zero-order chi connectivity index (χ0) is 10.7. The maximum absolute atomic E-state index is 9.17. The highest BCUT2D eigenvalue weighted by Crippen LogP contribution is 2.27. The van der Waals surface area contributed by atoms with E-state index in [0.717, 1.165) is 12.5 Å². The van der Waals surface area contributed by atoms with Gasteiger partial charge in [-0.3, -0.25) is 0 Å². The van der Waals surface area contributed by atoms with Crippen LogP contribution < -0.4 is 5.32 Å². The Morgan fingerprint density at radius 3 is 3.00 bits per heavy atom. The van der Waals surface area contributed by atoms with Gasteiger partial charge in [0.1, 0.15) is 0 Å². The molecule has 0 spiro atoms. The van der Waals surface area contributed by atoms with Gasteiger partial charge < -0.3 is 15.3 Å². The molecule has 2 fully saturated rings. The summed E-state index contributed by atoms with van der Waals surface area (Å²) in [5.41, 5.74) is 0. The quantitative estimate of drug-likeness (QED) is 0.729. The van der Waals surface area contributed by atoms with Crippen LogP contribution in [-0.4, -0.2) is 47.8 Å². The number of aliphatic hydroxyl groups excluding tert-OH is 1. The minimum atomic E-state index is 0.279. The number of fused-ring (bicyclic) bond motifs is 1. The summed E-state index contributed by atoms with van der Waals surface area (Å²) in [7, 11) is 0. The van der Waals surface area contributed by atoms with Gasteiger partial charge in [-0.05, 0) is 45.2 Å². The van der Waals surface area contributed by atoms with Crippen LogP contribution in [0.1, 0.15) is 39.0 Å². The van der Waals surface area contributed by atoms with Crippen LogP contribution in [0.3, 0.4) is 0 Å². The molecule has 0 amide bonds. The fourth-order valence-electron chi connectivity index (χ4n) is 3.01. The van der Waals surface area contributed by atoms with Crippen LogP contribution in [0, 0.1) is 0 Å². The van der Waals surface area contributed by atoms with Gasteiger partial charge >= 0.3 is 0 Å². The van der Waals surface area contributed by atoms with Crippen LogP contribution >= 0.6 is 0 Å². The molecule has 2 rings (SSSR count). The van der Waals surface area contributed by atoms with E-state index in [1.54, 1.807) is 0 Å². The van der Waals surface area contributed by atoms with Crippen molar-refractivity contribution < 1.29 is 5.11 Å². The fraction of sp³-hybridized carbons (Fsp3) is 1.00. The molecule has 0 aromatic heterocycles. The Kier molecular flexibility index (Phi) is 4.00. The van der Waals surface area contributed by atoms with Gasteiger partial charge in [-0.2, -0.15) is 0 Å². The Labute approximate surface area is 92.8 Å². The second kappa shape index (κ2) is 5.28. The summed E-state index contributed by atoms with van der Waals surface area (Å²) in [4.78, 5) is 2.64. The molecular weight excluding hydrogens is 188 g/mol. The second-order valence-corrected chi connectivity index (χ2v) is 5.01. The maximum atomic E-state index is 9.17. The molecule has 0 aromatic carbocycles. The van der Waals surface area contributed by atoms with Crippen molar-refractivity contribution in [2.24, 2.45) is 0 Å². The van der Waals surface area contributed by atoms with Gasteiger partial charge in [0, 0.05) is 18.1 Å². The average Bonchev–Trinajstić information content (AvgIpc) is 2.73. The van der Waals surface area contributed by atoms with Crippen molar-refractivity contribution in [1.29, 1.82) is 0 Å². The van der Waals surface area contributed by atoms with E-state index in [4.69, 9.17) is 0 Å². The van der Waals surface area contributed by atoms with Crippen LogP contribution in [0.5, 0.6) is 0 Å². The Bertz CT molecular complexity index is 192. The monoisotopic (exact) mass is 212 g/mol. The lowest BCUT2D eigenvalue weighted by molar-refractivity contribution is 0.147. The predicted molar refractivity (Wildman–Crippen MR) is 61.9 cm³/mol. The summed E-state index contributed by atoms with van der Waals surface area (Å²) >= 11 is 0. The molecule has 3 atom stereocenters. The largest absolute Gasteiger partial charge is 0.395 e. The van der Waals surface area contributed by atoms with Gasteiger partial charge in [0.15, 0.2) is 0 Å². The molecule has 0 aliphatic carbocycles. The Morgan fingerprint density at radius 2 is 2.27 bits per heavy atom. The smallest absolute Gasteiger partial charge is 0.0584 e. The van der Waals surface area contributed by atoms with E-state index in [0.29, 0.717) is 12.1 Å². The maximum Gasteiger partial charge on any atom is 0.0584 e. The van der Waals surface area contributed by atoms with Crippen LogP contribution in [-0.2, 0) is 0 Å². The highest BCUT2D eigenvalue weighted by Gasteiger charge is 2.31. The fourth-order valence-corrected chi connectivity index (χ4v) is 3.01. The summed E-state index contributed by atoms with van der Waals surface area (Å²) in [5, 5.41) is 12.8. The summed E-state index contributed by atoms with van der Waals surface area (Å²) < 4.78 is 0. The molecule has 0 saturated carbocycles. The molecule has 3 nitrogen and oxygen atoms in total. The summed E-state index contributed by atoms with van der Waals surface area (Å²) in [6.45, 7) is 4.98. The standard InChI is InChI=1S/C12H24N2O/c1-2-10(9-15)13-11-5-7-14-6-3-4-12(14)8-11/h10-13,15H,2-9H2,1H3/t10-,11?,12?/m1/s1. The van der Waals surface area contributed by atoms with Crippen molar-refractivity contribution in [3.8, 4) is 0 Å². The van der Waals surface area contributed by atoms with E-state index < -0.39 is 0 Å². The summed E-state index contributed by atoms with van der Waals surface area (Å²) in [6.07, 6.45) is 6.34. The Hall–Kier alpha value is -0.120. The molecule has 2 heterocycles. The number of hydrogen-bond acceptors (Lipinski definition) is 3. The number of aliphatic hydroxyl groups is 1. The van der Waals surface area contributed by atoms with E-state index in [-0.39, 0.29) is 6.61 Å². The minimum absolute atomic E-state index is 0.279. The molecule has 0 aromatic rings. The molecule has 15 heavy (non-hydrogen) atoms. The summed E-state index contributed by atoms with van der Waals surface area (Å²) in [6, 6.07) is 1.77. The molecule has 2 aliphatic heterocycles. The van der Waals surface area contributed by atoms with Gasteiger partial charge in [0.05, 0.1) is 6.61 Å². The van der Waals surface area contributed by atoms with Gasteiger partial charge in [0.25, 0.3) is 0 Å². The second-order valence-electron chi connectivity index (χ2n) is 5.01. The van der Waals surface area contributed by atoms with Crippen molar-refractivity contribution >= 4 is 0 Å². The Balaban J connectivity index is 1.79. The number of rotatable bonds is 4. The third kappa shape index (κ3) is 2.71. The SMILES string of the molecule is CC[C@H](CO)NC1CCN2CCCC2C1. The number of nitrogens with zero attached hydrogens (tertiary/aromatic N) is 1. The first-order valence-electron chi connectivity index (χ1n) is 6.44. The number of nitrogens with one attached hydrogen (secondary N) is 1. The highest BCUT2D eigenvalue weighted by atomic mass is 16.3. The molecule has 2 unspecified atom stereocenters. The van der Waals surface area contributed by atoms with Crippen molar-refractivity contribution in [3.63, 3.8) is 0 Å². The van der Waals surface area contributed by atoms with E-state index in [9.17, 15) is 5.11 Å². The predicted octanol–water partition coefficient (Wildman–Crippen LogP) is 0.974. The third-order valence-electron chi connectivity index (χ3n) is 4.01. The van der Waals surface area contributed by atoms with E-state index >= 15 is 0 Å². The molecule has 88 valence electrons. The first-order chi connectivity index (χ1) is 7.33. The Morgan fingerprint density at radius 1 is 1.40 bits per heavy atom. The van der Waals surface area contributed by atoms with Crippen molar-refractivity contribution in [3.05, 3.63) is 0 Å². The van der Waals surface area contributed by atoms with Crippen LogP contribution in [0.25, 0.3) is 0 Å². The van der Waals surface area contributed by atoms with E-state index in [2.05, 4.69) is 17.1 Å². The molecule has 2 saturated heterocycles. The number of hydrogen-bond donors (Lipinski definition) is 2. The third-order valence-corrected chi connectivity index (χ3v) is 4.01. The normalized spacial score (nSPS) is 34.0. The van der Waals surface area contributed by atoms with Gasteiger partial charge in [-0.1, -0.05) is 6.92 Å². The molecule has 0 radical (unpaired) electrons. The summed E-state index contributed by atoms with van der Waals surface area (Å²) in [5.74, 6) is 0. The van der Waals surface area contributed by atoms with Crippen LogP contribution in [0.4, 0.5) is 0 Å². The minimum Gasteiger partial charge on any atom is -0.395 e. The first-order valence-corrected chi connectivity index (χ1v) is 6.44. The molecule has 2 N–H and O–H groups in total. The topological polar surface area (TPSA) is 35.5 Å². The van der Waals surface area contributed by atoms with Gasteiger partial charge in [-0.15, -0.1) is 0 Å². The lowest BCUT2D eigenvalue weighted by Gasteiger charge is -2.36. The van der Waals surface area contributed by atoms with E-state index in [1.807, 2.05) is 0 Å². The average molecular weight is 212 g/mol. The van der Waals surface area contributed by atoms with Crippen LogP contribution in [0.2, 0.25) is 0 Å². The lowest BCUT2D eigenvalue weighted by Crippen LogP contribution is -2.49. The van der Waals surface area contributed by atoms with Gasteiger partial charge in [-0.25, -0.2) is 0 Å². The van der Waals surface area contributed by atoms with Crippen LogP contribution in [0.15, 0.2) is 0 Å². The molecule has 2 aliphatic rings. The molecular formula is C12H24N2O. The zero-order valence-corrected chi connectivity index (χ0v) is 9.78. The molecule has 0 bridgehead atoms.